The van der Waals surface area contributed by atoms with E-state index in [1.807, 2.05) is 0 Å². The van der Waals surface area contributed by atoms with Gasteiger partial charge in [-0.2, -0.15) is 0 Å². The van der Waals surface area contributed by atoms with Gasteiger partial charge >= 0.3 is 8.25 Å². The highest BCUT2D eigenvalue weighted by Gasteiger charge is 1.93. The molecule has 0 aromatic carbocycles. The molecule has 272 valence electrons. The van der Waals surface area contributed by atoms with Crippen molar-refractivity contribution < 1.29 is 14.4 Å². The molecule has 0 fully saturated rings. The van der Waals surface area contributed by atoms with Crippen LogP contribution in [0.4, 0.5) is 0 Å². The molecule has 0 atom stereocenters. The summed E-state index contributed by atoms with van der Waals surface area (Å²) in [6.45, 7) is 18.2. The number of hydrogen-bond donors (Lipinski definition) is 2. The van der Waals surface area contributed by atoms with Crippen LogP contribution in [0.1, 0.15) is 261 Å². The molecule has 0 spiro atoms. The monoisotopic (exact) mass is 650 g/mol. The Morgan fingerprint density at radius 3 is 0.386 bits per heavy atom. The van der Waals surface area contributed by atoms with E-state index in [2.05, 4.69) is 55.4 Å². The van der Waals surface area contributed by atoms with E-state index in [-0.39, 0.29) is 0 Å². The Balaban J connectivity index is -0.000000147. The summed E-state index contributed by atoms with van der Waals surface area (Å²) in [6, 6.07) is 0. The van der Waals surface area contributed by atoms with Crippen molar-refractivity contribution in [3.8, 4) is 0 Å². The van der Waals surface area contributed by atoms with Crippen LogP contribution in [-0.4, -0.2) is 9.79 Å². The summed E-state index contributed by atoms with van der Waals surface area (Å²) in [5.41, 5.74) is 0. The Hall–Kier alpha value is 0.0200. The topological polar surface area (TPSA) is 57.5 Å². The Bertz CT molecular complexity index is 317. The van der Waals surface area contributed by atoms with Crippen molar-refractivity contribution >= 4 is 8.25 Å². The molecule has 0 aliphatic carbocycles. The third kappa shape index (κ3) is 90.1. The molecule has 4 heteroatoms. The van der Waals surface area contributed by atoms with Crippen LogP contribution in [0, 0.1) is 0 Å². The molecule has 44 heavy (non-hydrogen) atoms. The van der Waals surface area contributed by atoms with Gasteiger partial charge < -0.3 is 0 Å². The predicted octanol–water partition coefficient (Wildman–Crippen LogP) is 16.2. The van der Waals surface area contributed by atoms with Crippen molar-refractivity contribution in [3.05, 3.63) is 0 Å². The molecule has 0 rings (SSSR count). The average Bonchev–Trinajstić information content (AvgIpc) is 3.01. The summed E-state index contributed by atoms with van der Waals surface area (Å²) >= 11 is 0. The van der Waals surface area contributed by atoms with Crippen molar-refractivity contribution in [2.24, 2.45) is 0 Å². The fourth-order valence-corrected chi connectivity index (χ4v) is 4.83. The first-order valence-corrected chi connectivity index (χ1v) is 21.4. The molecule has 0 aromatic rings. The molecule has 0 aliphatic rings. The summed E-state index contributed by atoms with van der Waals surface area (Å²) in [4.78, 5) is 14.2. The third-order valence-corrected chi connectivity index (χ3v) is 7.83. The Morgan fingerprint density at radius 2 is 0.318 bits per heavy atom. The van der Waals surface area contributed by atoms with Crippen LogP contribution >= 0.6 is 8.25 Å². The molecule has 2 N–H and O–H groups in total. The normalized spacial score (nSPS) is 9.86. The third-order valence-electron chi connectivity index (χ3n) is 7.83. The SMILES string of the molecule is CCCCCCCCCC.CCCCCCCCCC.CCCCCCCCCC.CCCCCCCCCC.O=[P+](O)O. The van der Waals surface area contributed by atoms with E-state index in [0.29, 0.717) is 0 Å². The number of hydrogen-bond acceptors (Lipinski definition) is 1. The zero-order valence-electron chi connectivity index (χ0n) is 32.4. The largest absolute Gasteiger partial charge is 0.692 e. The highest BCUT2D eigenvalue weighted by Crippen LogP contribution is 2.10. The van der Waals surface area contributed by atoms with Gasteiger partial charge in [-0.05, 0) is 0 Å². The number of rotatable bonds is 28. The van der Waals surface area contributed by atoms with Crippen LogP contribution in [0.5, 0.6) is 0 Å². The van der Waals surface area contributed by atoms with E-state index < -0.39 is 8.25 Å². The molecule has 0 unspecified atom stereocenters. The first-order chi connectivity index (χ1) is 21.4. The molecule has 0 aromatic heterocycles. The van der Waals surface area contributed by atoms with Gasteiger partial charge in [0, 0.05) is 4.57 Å². The molecule has 0 heterocycles. The Labute approximate surface area is 282 Å². The van der Waals surface area contributed by atoms with E-state index in [9.17, 15) is 0 Å². The summed E-state index contributed by atoms with van der Waals surface area (Å²) in [5, 5.41) is 0. The van der Waals surface area contributed by atoms with Gasteiger partial charge in [-0.3, -0.25) is 0 Å². The van der Waals surface area contributed by atoms with Crippen molar-refractivity contribution in [1.82, 2.24) is 0 Å². The minimum absolute atomic E-state index is 1.37. The van der Waals surface area contributed by atoms with E-state index in [1.54, 1.807) is 0 Å². The Morgan fingerprint density at radius 1 is 0.250 bits per heavy atom. The van der Waals surface area contributed by atoms with Crippen LogP contribution in [0.15, 0.2) is 0 Å². The highest BCUT2D eigenvalue weighted by molar-refractivity contribution is 7.30. The van der Waals surface area contributed by atoms with Crippen LogP contribution in [0.25, 0.3) is 0 Å². The summed E-state index contributed by atoms with van der Waals surface area (Å²) < 4.78 is 8.70. The van der Waals surface area contributed by atoms with Gasteiger partial charge in [0.1, 0.15) is 0 Å². The second-order valence-electron chi connectivity index (χ2n) is 12.7. The molecule has 3 nitrogen and oxygen atoms in total. The lowest BCUT2D eigenvalue weighted by Crippen LogP contribution is -1.77. The average molecular weight is 650 g/mol. The zero-order chi connectivity index (χ0) is 34.2. The summed E-state index contributed by atoms with van der Waals surface area (Å²) in [5.74, 6) is 0. The van der Waals surface area contributed by atoms with Crippen molar-refractivity contribution in [2.75, 3.05) is 0 Å². The molecule has 0 aliphatic heterocycles. The highest BCUT2D eigenvalue weighted by atomic mass is 31.1. The predicted molar refractivity (Wildman–Crippen MR) is 205 cm³/mol. The minimum Gasteiger partial charge on any atom is -0.134 e. The van der Waals surface area contributed by atoms with E-state index >= 15 is 0 Å². The van der Waals surface area contributed by atoms with Gasteiger partial charge in [-0.15, -0.1) is 9.79 Å². The first kappa shape index (κ1) is 53.5. The molecule has 0 amide bonds. The Kier molecular flexibility index (Phi) is 75.3. The van der Waals surface area contributed by atoms with Crippen LogP contribution in [-0.2, 0) is 4.57 Å². The summed E-state index contributed by atoms with van der Waals surface area (Å²) in [7, 11) is -2.87. The van der Waals surface area contributed by atoms with E-state index in [4.69, 9.17) is 14.4 Å². The molecule has 0 radical (unpaired) electrons. The fraction of sp³-hybridized carbons (Fsp3) is 1.00. The number of unbranched alkanes of at least 4 members (excludes halogenated alkanes) is 28. The maximum Gasteiger partial charge on any atom is 0.692 e. The molecular formula is C40H90O3P+. The van der Waals surface area contributed by atoms with Crippen molar-refractivity contribution in [1.29, 1.82) is 0 Å². The van der Waals surface area contributed by atoms with Crippen LogP contribution < -0.4 is 0 Å². The van der Waals surface area contributed by atoms with E-state index in [1.165, 1.54) is 205 Å². The maximum absolute atomic E-state index is 8.70. The zero-order valence-corrected chi connectivity index (χ0v) is 33.3. The lowest BCUT2D eigenvalue weighted by Gasteiger charge is -1.97. The smallest absolute Gasteiger partial charge is 0.134 e. The van der Waals surface area contributed by atoms with Crippen LogP contribution in [0.3, 0.4) is 0 Å². The fourth-order valence-electron chi connectivity index (χ4n) is 4.83. The molecule has 0 saturated carbocycles. The quantitative estimate of drug-likeness (QED) is 0.0655. The van der Waals surface area contributed by atoms with Gasteiger partial charge in [0.25, 0.3) is 0 Å². The second kappa shape index (κ2) is 61.9. The molecule has 0 saturated heterocycles. The lowest BCUT2D eigenvalue weighted by atomic mass is 10.1. The van der Waals surface area contributed by atoms with Gasteiger partial charge in [0.05, 0.1) is 0 Å². The summed E-state index contributed by atoms with van der Waals surface area (Å²) in [6.07, 6.45) is 45.8. The van der Waals surface area contributed by atoms with Gasteiger partial charge in [-0.25, -0.2) is 0 Å². The van der Waals surface area contributed by atoms with E-state index in [0.717, 1.165) is 0 Å². The van der Waals surface area contributed by atoms with Gasteiger partial charge in [0.2, 0.25) is 0 Å². The molecule has 0 bridgehead atoms. The first-order valence-electron chi connectivity index (χ1n) is 20.2. The van der Waals surface area contributed by atoms with Gasteiger partial charge in [0.15, 0.2) is 0 Å². The maximum atomic E-state index is 8.70. The second-order valence-corrected chi connectivity index (χ2v) is 13.2. The lowest BCUT2D eigenvalue weighted by molar-refractivity contribution is 0.405. The minimum atomic E-state index is -2.87. The van der Waals surface area contributed by atoms with Crippen LogP contribution in [0.2, 0.25) is 0 Å². The van der Waals surface area contributed by atoms with Crippen molar-refractivity contribution in [3.63, 3.8) is 0 Å². The standard InChI is InChI=1S/4C10H22.HO3P/c4*1-3-5-7-9-10-8-6-4-2;1-4(2)3/h4*3-10H2,1-2H3;(H-,1,2,3)/p+1. The van der Waals surface area contributed by atoms with Gasteiger partial charge in [-0.1, -0.05) is 261 Å². The van der Waals surface area contributed by atoms with Crippen molar-refractivity contribution in [2.45, 2.75) is 261 Å². The molecular weight excluding hydrogens is 559 g/mol.